The van der Waals surface area contributed by atoms with Gasteiger partial charge in [0.1, 0.15) is 18.1 Å². The number of fused-ring (bicyclic) bond motifs is 1. The summed E-state index contributed by atoms with van der Waals surface area (Å²) >= 11 is 0. The first-order valence-electron chi connectivity index (χ1n) is 10.8. The Morgan fingerprint density at radius 1 is 0.971 bits per heavy atom. The first kappa shape index (κ1) is 22.7. The average molecular weight is 453 g/mol. The second-order valence-electron chi connectivity index (χ2n) is 7.62. The van der Waals surface area contributed by atoms with Gasteiger partial charge in [-0.3, -0.25) is 14.6 Å². The second kappa shape index (κ2) is 10.9. The van der Waals surface area contributed by atoms with Crippen LogP contribution in [0.25, 0.3) is 23.1 Å². The van der Waals surface area contributed by atoms with E-state index in [0.717, 1.165) is 22.0 Å². The van der Waals surface area contributed by atoms with E-state index in [2.05, 4.69) is 9.97 Å². The Bertz CT molecular complexity index is 1350. The fourth-order valence-electron chi connectivity index (χ4n) is 3.46. The van der Waals surface area contributed by atoms with Gasteiger partial charge in [-0.25, -0.2) is 0 Å². The highest BCUT2D eigenvalue weighted by Gasteiger charge is 2.07. The van der Waals surface area contributed by atoms with E-state index in [1.54, 1.807) is 49.9 Å². The van der Waals surface area contributed by atoms with Gasteiger partial charge in [-0.15, -0.1) is 0 Å². The predicted molar refractivity (Wildman–Crippen MR) is 133 cm³/mol. The summed E-state index contributed by atoms with van der Waals surface area (Å²) < 4.78 is 11.2. The number of methoxy groups -OCH3 is 1. The van der Waals surface area contributed by atoms with E-state index in [0.29, 0.717) is 23.7 Å². The molecule has 0 saturated carbocycles. The lowest BCUT2D eigenvalue weighted by atomic mass is 10.1. The summed E-state index contributed by atoms with van der Waals surface area (Å²) in [5, 5.41) is 1.03. The highest BCUT2D eigenvalue weighted by atomic mass is 16.5. The van der Waals surface area contributed by atoms with Crippen molar-refractivity contribution in [3.05, 3.63) is 102 Å². The van der Waals surface area contributed by atoms with Gasteiger partial charge in [0.15, 0.2) is 11.6 Å². The molecule has 0 atom stereocenters. The van der Waals surface area contributed by atoms with Gasteiger partial charge in [-0.1, -0.05) is 24.3 Å². The lowest BCUT2D eigenvalue weighted by Gasteiger charge is -2.10. The Kier molecular flexibility index (Phi) is 7.30. The molecule has 34 heavy (non-hydrogen) atoms. The fourth-order valence-corrected chi connectivity index (χ4v) is 3.46. The van der Waals surface area contributed by atoms with Gasteiger partial charge < -0.3 is 14.5 Å². The largest absolute Gasteiger partial charge is 0.496 e. The summed E-state index contributed by atoms with van der Waals surface area (Å²) in [6.45, 7) is 0.388. The van der Waals surface area contributed by atoms with E-state index in [-0.39, 0.29) is 18.0 Å². The van der Waals surface area contributed by atoms with Crippen LogP contribution >= 0.6 is 0 Å². The van der Waals surface area contributed by atoms with E-state index in [1.807, 2.05) is 42.6 Å². The van der Waals surface area contributed by atoms with E-state index >= 15 is 0 Å². The molecule has 6 nitrogen and oxygen atoms in total. The van der Waals surface area contributed by atoms with Crippen LogP contribution in [0.15, 0.2) is 85.3 Å². The minimum atomic E-state index is -0.285. The second-order valence-corrected chi connectivity index (χ2v) is 7.62. The van der Waals surface area contributed by atoms with Crippen LogP contribution in [0.5, 0.6) is 11.5 Å². The molecule has 4 aromatic rings. The van der Waals surface area contributed by atoms with Crippen LogP contribution in [0, 0.1) is 0 Å². The van der Waals surface area contributed by atoms with E-state index < -0.39 is 0 Å². The molecule has 4 rings (SSSR count). The van der Waals surface area contributed by atoms with Crippen molar-refractivity contribution in [2.75, 3.05) is 7.11 Å². The average Bonchev–Trinajstić information content (AvgIpc) is 3.29. The normalized spacial score (nSPS) is 11.3. The molecule has 2 aromatic heterocycles. The number of hydrogen-bond acceptors (Lipinski definition) is 5. The zero-order valence-corrected chi connectivity index (χ0v) is 18.7. The van der Waals surface area contributed by atoms with Crippen molar-refractivity contribution in [3.8, 4) is 11.5 Å². The number of carbonyl (C=O) groups excluding carboxylic acids is 2. The van der Waals surface area contributed by atoms with Gasteiger partial charge in [-0.05, 0) is 54.1 Å². The van der Waals surface area contributed by atoms with Gasteiger partial charge >= 0.3 is 0 Å². The zero-order valence-electron chi connectivity index (χ0n) is 18.7. The Balaban J connectivity index is 1.34. The van der Waals surface area contributed by atoms with Crippen molar-refractivity contribution in [2.45, 2.75) is 13.0 Å². The Hall–Kier alpha value is -4.45. The number of aromatic nitrogens is 2. The summed E-state index contributed by atoms with van der Waals surface area (Å²) in [4.78, 5) is 31.8. The van der Waals surface area contributed by atoms with Crippen molar-refractivity contribution in [1.29, 1.82) is 0 Å². The van der Waals surface area contributed by atoms with E-state index in [1.165, 1.54) is 12.2 Å². The van der Waals surface area contributed by atoms with Crippen LogP contribution in [-0.4, -0.2) is 28.6 Å². The van der Waals surface area contributed by atoms with Crippen molar-refractivity contribution in [3.63, 3.8) is 0 Å². The van der Waals surface area contributed by atoms with Crippen LogP contribution < -0.4 is 9.47 Å². The standard InChI is InChI=1S/C28H24N2O4/c1-33-28-16-25(34-19-20-5-4-14-29-17-20)13-10-21(28)8-11-23(31)15-24(32)12-9-22-18-30-27-7-3-2-6-26(22)27/h2-14,16-18,30H,15,19H2,1H3. The molecular weight excluding hydrogens is 428 g/mol. The van der Waals surface area contributed by atoms with Crippen LogP contribution in [0.4, 0.5) is 0 Å². The Labute approximate surface area is 197 Å². The van der Waals surface area contributed by atoms with Crippen molar-refractivity contribution in [1.82, 2.24) is 9.97 Å². The number of H-pyrrole nitrogens is 1. The monoisotopic (exact) mass is 452 g/mol. The quantitative estimate of drug-likeness (QED) is 0.257. The van der Waals surface area contributed by atoms with Gasteiger partial charge in [-0.2, -0.15) is 0 Å². The van der Waals surface area contributed by atoms with Crippen LogP contribution in [0.3, 0.4) is 0 Å². The molecule has 0 bridgehead atoms. The van der Waals surface area contributed by atoms with Crippen LogP contribution in [0.1, 0.15) is 23.1 Å². The molecule has 0 fully saturated rings. The molecule has 2 aromatic carbocycles. The third-order valence-electron chi connectivity index (χ3n) is 5.20. The third kappa shape index (κ3) is 5.86. The Morgan fingerprint density at radius 3 is 2.53 bits per heavy atom. The number of pyridine rings is 1. The summed E-state index contributed by atoms with van der Waals surface area (Å²) in [6, 6.07) is 17.0. The fraction of sp³-hybridized carbons (Fsp3) is 0.107. The number of aromatic amines is 1. The number of ether oxygens (including phenoxy) is 2. The molecule has 170 valence electrons. The zero-order chi connectivity index (χ0) is 23.8. The maximum Gasteiger partial charge on any atom is 0.163 e. The number of benzene rings is 2. The lowest BCUT2D eigenvalue weighted by molar-refractivity contribution is -0.121. The number of rotatable bonds is 10. The van der Waals surface area contributed by atoms with Gasteiger partial charge in [0.05, 0.1) is 13.5 Å². The molecule has 0 aliphatic heterocycles. The molecule has 0 spiro atoms. The molecule has 0 saturated heterocycles. The molecule has 1 N–H and O–H groups in total. The molecule has 6 heteroatoms. The van der Waals surface area contributed by atoms with E-state index in [9.17, 15) is 9.59 Å². The molecule has 0 radical (unpaired) electrons. The number of carbonyl (C=O) groups is 2. The third-order valence-corrected chi connectivity index (χ3v) is 5.20. The van der Waals surface area contributed by atoms with Gasteiger partial charge in [0.2, 0.25) is 0 Å². The Morgan fingerprint density at radius 2 is 1.76 bits per heavy atom. The maximum absolute atomic E-state index is 12.3. The number of para-hydroxylation sites is 1. The maximum atomic E-state index is 12.3. The van der Waals surface area contributed by atoms with Crippen LogP contribution in [-0.2, 0) is 16.2 Å². The SMILES string of the molecule is COc1cc(OCc2cccnc2)ccc1C=CC(=O)CC(=O)C=Cc1c[nH]c2ccccc12. The molecular formula is C28H24N2O4. The summed E-state index contributed by atoms with van der Waals surface area (Å²) in [6.07, 6.45) is 11.3. The minimum Gasteiger partial charge on any atom is -0.496 e. The number of ketones is 2. The van der Waals surface area contributed by atoms with Crippen LogP contribution in [0.2, 0.25) is 0 Å². The summed E-state index contributed by atoms with van der Waals surface area (Å²) in [5.41, 5.74) is 3.57. The minimum absolute atomic E-state index is 0.204. The summed E-state index contributed by atoms with van der Waals surface area (Å²) in [5.74, 6) is 0.665. The van der Waals surface area contributed by atoms with Crippen molar-refractivity contribution >= 4 is 34.6 Å². The summed E-state index contributed by atoms with van der Waals surface area (Å²) in [7, 11) is 1.55. The van der Waals surface area contributed by atoms with Gasteiger partial charge in [0.25, 0.3) is 0 Å². The van der Waals surface area contributed by atoms with Gasteiger partial charge in [0, 0.05) is 46.7 Å². The first-order chi connectivity index (χ1) is 16.6. The smallest absolute Gasteiger partial charge is 0.163 e. The number of hydrogen-bond donors (Lipinski definition) is 1. The molecule has 2 heterocycles. The predicted octanol–water partition coefficient (Wildman–Crippen LogP) is 5.41. The topological polar surface area (TPSA) is 81.3 Å². The van der Waals surface area contributed by atoms with E-state index in [4.69, 9.17) is 9.47 Å². The highest BCUT2D eigenvalue weighted by Crippen LogP contribution is 2.26. The molecule has 0 aliphatic carbocycles. The lowest BCUT2D eigenvalue weighted by Crippen LogP contribution is -2.02. The number of nitrogens with one attached hydrogen (secondary N) is 1. The molecule has 0 aliphatic rings. The van der Waals surface area contributed by atoms with Crippen molar-refractivity contribution < 1.29 is 19.1 Å². The van der Waals surface area contributed by atoms with Crippen molar-refractivity contribution in [2.24, 2.45) is 0 Å². The highest BCUT2D eigenvalue weighted by molar-refractivity contribution is 6.11. The molecule has 0 amide bonds. The number of nitrogens with zero attached hydrogens (tertiary/aromatic N) is 1. The first-order valence-corrected chi connectivity index (χ1v) is 10.8. The number of allylic oxidation sites excluding steroid dienone is 2. The molecule has 0 unspecified atom stereocenters.